The van der Waals surface area contributed by atoms with E-state index >= 15 is 0 Å². The van der Waals surface area contributed by atoms with Gasteiger partial charge in [-0.15, -0.1) is 0 Å². The van der Waals surface area contributed by atoms with E-state index in [1.54, 1.807) is 12.1 Å². The maximum absolute atomic E-state index is 12.8. The molecule has 0 spiro atoms. The number of nitrogens with zero attached hydrogens (tertiary/aromatic N) is 1. The number of sulfonamides is 1. The third-order valence-corrected chi connectivity index (χ3v) is 5.96. The van der Waals surface area contributed by atoms with Crippen molar-refractivity contribution in [3.63, 3.8) is 0 Å². The van der Waals surface area contributed by atoms with Gasteiger partial charge in [0.25, 0.3) is 5.91 Å². The molecule has 0 bridgehead atoms. The van der Waals surface area contributed by atoms with Gasteiger partial charge in [0.1, 0.15) is 22.2 Å². The Morgan fingerprint density at radius 2 is 1.79 bits per heavy atom. The number of nitrogens with one attached hydrogen (secondary N) is 1. The molecule has 1 amide bonds. The molecule has 2 aromatic rings. The van der Waals surface area contributed by atoms with Crippen molar-refractivity contribution in [3.05, 3.63) is 53.8 Å². The zero-order chi connectivity index (χ0) is 21.4. The zero-order valence-electron chi connectivity index (χ0n) is 16.6. The van der Waals surface area contributed by atoms with Crippen molar-refractivity contribution in [1.82, 2.24) is 9.62 Å². The van der Waals surface area contributed by atoms with E-state index in [0.717, 1.165) is 4.31 Å². The van der Waals surface area contributed by atoms with Crippen LogP contribution < -0.4 is 14.8 Å². The highest BCUT2D eigenvalue weighted by Gasteiger charge is 2.23. The highest BCUT2D eigenvalue weighted by atomic mass is 32.2. The molecule has 0 unspecified atom stereocenters. The summed E-state index contributed by atoms with van der Waals surface area (Å²) in [6.07, 6.45) is 1.37. The SMILES string of the molecule is COc1ccc(C(=O)NCCCCOc2ccc(F)cc2)cc1S(=O)(=O)N(C)C. The number of hydrogen-bond donors (Lipinski definition) is 1. The van der Waals surface area contributed by atoms with E-state index in [4.69, 9.17) is 9.47 Å². The van der Waals surface area contributed by atoms with E-state index in [9.17, 15) is 17.6 Å². The number of benzene rings is 2. The first kappa shape index (κ1) is 22.6. The lowest BCUT2D eigenvalue weighted by Gasteiger charge is -2.15. The highest BCUT2D eigenvalue weighted by molar-refractivity contribution is 7.89. The molecule has 158 valence electrons. The first-order chi connectivity index (χ1) is 13.8. The predicted octanol–water partition coefficient (Wildman–Crippen LogP) is 2.67. The summed E-state index contributed by atoms with van der Waals surface area (Å²) in [5.74, 6) is 0.0685. The lowest BCUT2D eigenvalue weighted by atomic mass is 10.2. The molecule has 0 radical (unpaired) electrons. The van der Waals surface area contributed by atoms with Crippen LogP contribution in [0.25, 0.3) is 0 Å². The van der Waals surface area contributed by atoms with Crippen molar-refractivity contribution in [2.24, 2.45) is 0 Å². The maximum atomic E-state index is 12.8. The minimum atomic E-state index is -3.75. The van der Waals surface area contributed by atoms with Crippen LogP contribution in [0.3, 0.4) is 0 Å². The van der Waals surface area contributed by atoms with Crippen LogP contribution in [0.2, 0.25) is 0 Å². The van der Waals surface area contributed by atoms with Gasteiger partial charge in [0.15, 0.2) is 0 Å². The third-order valence-electron chi connectivity index (χ3n) is 4.12. The van der Waals surface area contributed by atoms with Gasteiger partial charge in [-0.05, 0) is 55.3 Å². The van der Waals surface area contributed by atoms with Crippen molar-refractivity contribution in [2.45, 2.75) is 17.7 Å². The van der Waals surface area contributed by atoms with Gasteiger partial charge in [-0.2, -0.15) is 0 Å². The zero-order valence-corrected chi connectivity index (χ0v) is 17.5. The van der Waals surface area contributed by atoms with Crippen molar-refractivity contribution in [1.29, 1.82) is 0 Å². The number of methoxy groups -OCH3 is 1. The second kappa shape index (κ2) is 10.2. The number of ether oxygens (including phenoxy) is 2. The molecule has 0 saturated carbocycles. The standard InChI is InChI=1S/C20H25FN2O5S/c1-23(2)29(25,26)19-14-15(6-11-18(19)27-3)20(24)22-12-4-5-13-28-17-9-7-16(21)8-10-17/h6-11,14H,4-5,12-13H2,1-3H3,(H,22,24). The number of unbranched alkanes of at least 4 members (excludes halogenated alkanes) is 1. The number of amides is 1. The van der Waals surface area contributed by atoms with Gasteiger partial charge in [-0.1, -0.05) is 0 Å². The van der Waals surface area contributed by atoms with Gasteiger partial charge in [-0.3, -0.25) is 4.79 Å². The monoisotopic (exact) mass is 424 g/mol. The van der Waals surface area contributed by atoms with Crippen LogP contribution in [0.5, 0.6) is 11.5 Å². The molecular formula is C20H25FN2O5S. The summed E-state index contributed by atoms with van der Waals surface area (Å²) >= 11 is 0. The van der Waals surface area contributed by atoms with E-state index in [2.05, 4.69) is 5.32 Å². The Labute approximate surface area is 170 Å². The normalized spacial score (nSPS) is 11.3. The van der Waals surface area contributed by atoms with E-state index in [0.29, 0.717) is 31.7 Å². The maximum Gasteiger partial charge on any atom is 0.251 e. The molecule has 0 heterocycles. The fourth-order valence-corrected chi connectivity index (χ4v) is 3.54. The molecule has 0 aliphatic carbocycles. The van der Waals surface area contributed by atoms with Crippen LogP contribution in [-0.4, -0.2) is 53.0 Å². The number of rotatable bonds is 10. The Hall–Kier alpha value is -2.65. The lowest BCUT2D eigenvalue weighted by Crippen LogP contribution is -2.26. The van der Waals surface area contributed by atoms with Gasteiger partial charge in [-0.25, -0.2) is 17.1 Å². The average molecular weight is 424 g/mol. The average Bonchev–Trinajstić information content (AvgIpc) is 2.71. The molecule has 0 fully saturated rings. The number of carbonyl (C=O) groups is 1. The predicted molar refractivity (Wildman–Crippen MR) is 107 cm³/mol. The number of halogens is 1. The highest BCUT2D eigenvalue weighted by Crippen LogP contribution is 2.26. The fraction of sp³-hybridized carbons (Fsp3) is 0.350. The molecule has 0 aliphatic heterocycles. The molecule has 0 aromatic heterocycles. The van der Waals surface area contributed by atoms with Crippen LogP contribution in [-0.2, 0) is 10.0 Å². The van der Waals surface area contributed by atoms with Crippen molar-refractivity contribution in [2.75, 3.05) is 34.4 Å². The largest absolute Gasteiger partial charge is 0.495 e. The summed E-state index contributed by atoms with van der Waals surface area (Å²) in [5.41, 5.74) is 0.230. The molecule has 0 saturated heterocycles. The van der Waals surface area contributed by atoms with Crippen LogP contribution in [0.1, 0.15) is 23.2 Å². The first-order valence-corrected chi connectivity index (χ1v) is 10.5. The van der Waals surface area contributed by atoms with E-state index in [-0.39, 0.29) is 27.9 Å². The summed E-state index contributed by atoms with van der Waals surface area (Å²) in [6, 6.07) is 10.0. The summed E-state index contributed by atoms with van der Waals surface area (Å²) in [7, 11) is 0.448. The molecule has 1 N–H and O–H groups in total. The summed E-state index contributed by atoms with van der Waals surface area (Å²) in [5, 5.41) is 2.76. The van der Waals surface area contributed by atoms with Gasteiger partial charge >= 0.3 is 0 Å². The van der Waals surface area contributed by atoms with Gasteiger partial charge < -0.3 is 14.8 Å². The minimum absolute atomic E-state index is 0.0645. The molecule has 29 heavy (non-hydrogen) atoms. The Morgan fingerprint density at radius 1 is 1.10 bits per heavy atom. The quantitative estimate of drug-likeness (QED) is 0.593. The van der Waals surface area contributed by atoms with E-state index in [1.807, 2.05) is 0 Å². The van der Waals surface area contributed by atoms with Gasteiger partial charge in [0, 0.05) is 26.2 Å². The van der Waals surface area contributed by atoms with Crippen molar-refractivity contribution >= 4 is 15.9 Å². The molecule has 2 aromatic carbocycles. The van der Waals surface area contributed by atoms with E-state index in [1.165, 1.54) is 51.5 Å². The van der Waals surface area contributed by atoms with Crippen molar-refractivity contribution < 1.29 is 27.1 Å². The molecule has 2 rings (SSSR count). The molecular weight excluding hydrogens is 399 g/mol. The Morgan fingerprint density at radius 3 is 2.41 bits per heavy atom. The van der Waals surface area contributed by atoms with Gasteiger partial charge in [0.05, 0.1) is 13.7 Å². The Kier molecular flexibility index (Phi) is 7.98. The topological polar surface area (TPSA) is 84.9 Å². The molecule has 9 heteroatoms. The molecule has 0 atom stereocenters. The van der Waals surface area contributed by atoms with Crippen LogP contribution in [0.15, 0.2) is 47.4 Å². The Balaban J connectivity index is 1.86. The lowest BCUT2D eigenvalue weighted by molar-refractivity contribution is 0.0952. The van der Waals surface area contributed by atoms with Gasteiger partial charge in [0.2, 0.25) is 10.0 Å². The second-order valence-electron chi connectivity index (χ2n) is 6.42. The second-order valence-corrected chi connectivity index (χ2v) is 8.54. The van der Waals surface area contributed by atoms with Crippen LogP contribution in [0.4, 0.5) is 4.39 Å². The smallest absolute Gasteiger partial charge is 0.251 e. The van der Waals surface area contributed by atoms with Crippen LogP contribution in [0, 0.1) is 5.82 Å². The van der Waals surface area contributed by atoms with Crippen LogP contribution >= 0.6 is 0 Å². The van der Waals surface area contributed by atoms with Crippen molar-refractivity contribution in [3.8, 4) is 11.5 Å². The summed E-state index contributed by atoms with van der Waals surface area (Å²) in [4.78, 5) is 12.3. The number of carbonyl (C=O) groups excluding carboxylic acids is 1. The molecule has 7 nitrogen and oxygen atoms in total. The number of hydrogen-bond acceptors (Lipinski definition) is 5. The third kappa shape index (κ3) is 6.16. The first-order valence-electron chi connectivity index (χ1n) is 9.03. The molecule has 0 aliphatic rings. The Bertz CT molecular complexity index is 930. The fourth-order valence-electron chi connectivity index (χ4n) is 2.47. The summed E-state index contributed by atoms with van der Waals surface area (Å²) in [6.45, 7) is 0.850. The minimum Gasteiger partial charge on any atom is -0.495 e. The summed E-state index contributed by atoms with van der Waals surface area (Å²) < 4.78 is 49.4. The van der Waals surface area contributed by atoms with E-state index < -0.39 is 10.0 Å².